The van der Waals surface area contributed by atoms with Gasteiger partial charge in [-0.15, -0.1) is 0 Å². The zero-order valence-corrected chi connectivity index (χ0v) is 18.6. The van der Waals surface area contributed by atoms with Crippen LogP contribution in [0.25, 0.3) is 0 Å². The van der Waals surface area contributed by atoms with E-state index in [4.69, 9.17) is 0 Å². The number of carbonyl (C=O) groups excluding carboxylic acids is 1. The van der Waals surface area contributed by atoms with E-state index >= 15 is 0 Å². The number of hydrogen-bond donors (Lipinski definition) is 1. The standard InChI is InChI=1S/C22H20BrN3O3S/c1-17-10-12-20(13-11-17)26(30(28,29)21-8-3-2-4-9-21)16-22(27)25-24-15-18-6-5-7-19(23)14-18/h2-15H,16H2,1H3,(H,25,27)/b24-15-. The summed E-state index contributed by atoms with van der Waals surface area (Å²) in [7, 11) is -3.93. The van der Waals surface area contributed by atoms with Crippen LogP contribution in [0.4, 0.5) is 5.69 Å². The van der Waals surface area contributed by atoms with Gasteiger partial charge in [-0.25, -0.2) is 13.8 Å². The van der Waals surface area contributed by atoms with E-state index in [-0.39, 0.29) is 4.90 Å². The zero-order chi connectivity index (χ0) is 21.6. The van der Waals surface area contributed by atoms with Crippen LogP contribution in [0.15, 0.2) is 93.3 Å². The molecule has 0 aliphatic heterocycles. The molecule has 154 valence electrons. The third kappa shape index (κ3) is 5.55. The minimum atomic E-state index is -3.93. The van der Waals surface area contributed by atoms with E-state index < -0.39 is 22.5 Å². The molecule has 0 radical (unpaired) electrons. The first kappa shape index (κ1) is 21.7. The first-order chi connectivity index (χ1) is 14.4. The highest BCUT2D eigenvalue weighted by Crippen LogP contribution is 2.23. The lowest BCUT2D eigenvalue weighted by Gasteiger charge is -2.23. The number of benzene rings is 3. The SMILES string of the molecule is Cc1ccc(N(CC(=O)N/N=C\c2cccc(Br)c2)S(=O)(=O)c2ccccc2)cc1. The number of anilines is 1. The highest BCUT2D eigenvalue weighted by atomic mass is 79.9. The molecule has 8 heteroatoms. The summed E-state index contributed by atoms with van der Waals surface area (Å²) >= 11 is 3.37. The van der Waals surface area contributed by atoms with Crippen LogP contribution in [0.3, 0.4) is 0 Å². The number of carbonyl (C=O) groups is 1. The number of sulfonamides is 1. The average Bonchev–Trinajstić information content (AvgIpc) is 2.73. The number of nitrogens with zero attached hydrogens (tertiary/aromatic N) is 2. The molecule has 1 N–H and O–H groups in total. The third-order valence-electron chi connectivity index (χ3n) is 4.19. The number of amides is 1. The van der Waals surface area contributed by atoms with Crippen LogP contribution in [0, 0.1) is 6.92 Å². The van der Waals surface area contributed by atoms with Gasteiger partial charge in [0.25, 0.3) is 15.9 Å². The molecule has 3 aromatic carbocycles. The van der Waals surface area contributed by atoms with Gasteiger partial charge in [0.05, 0.1) is 16.8 Å². The predicted octanol–water partition coefficient (Wildman–Crippen LogP) is 4.10. The number of nitrogens with one attached hydrogen (secondary N) is 1. The average molecular weight is 486 g/mol. The lowest BCUT2D eigenvalue weighted by molar-refractivity contribution is -0.119. The maximum atomic E-state index is 13.2. The quantitative estimate of drug-likeness (QED) is 0.404. The van der Waals surface area contributed by atoms with Crippen molar-refractivity contribution < 1.29 is 13.2 Å². The van der Waals surface area contributed by atoms with Gasteiger partial charge in [-0.1, -0.05) is 64.0 Å². The summed E-state index contributed by atoms with van der Waals surface area (Å²) in [5.74, 6) is -0.554. The monoisotopic (exact) mass is 485 g/mol. The first-order valence-corrected chi connectivity index (χ1v) is 11.3. The summed E-state index contributed by atoms with van der Waals surface area (Å²) in [5, 5.41) is 3.93. The molecule has 0 saturated carbocycles. The maximum absolute atomic E-state index is 13.2. The second-order valence-electron chi connectivity index (χ2n) is 6.51. The molecule has 0 bridgehead atoms. The topological polar surface area (TPSA) is 78.8 Å². The van der Waals surface area contributed by atoms with Gasteiger partial charge in [-0.2, -0.15) is 5.10 Å². The van der Waals surface area contributed by atoms with Gasteiger partial charge in [0.1, 0.15) is 6.54 Å². The molecule has 1 amide bonds. The van der Waals surface area contributed by atoms with Gasteiger partial charge >= 0.3 is 0 Å². The Balaban J connectivity index is 1.82. The van der Waals surface area contributed by atoms with Gasteiger partial charge in [0, 0.05) is 4.47 Å². The van der Waals surface area contributed by atoms with E-state index in [0.717, 1.165) is 19.9 Å². The fourth-order valence-electron chi connectivity index (χ4n) is 2.68. The van der Waals surface area contributed by atoms with Crippen molar-refractivity contribution in [2.75, 3.05) is 10.8 Å². The van der Waals surface area contributed by atoms with E-state index in [2.05, 4.69) is 26.5 Å². The Bertz CT molecular complexity index is 1150. The molecular formula is C22H20BrN3O3S. The molecule has 6 nitrogen and oxygen atoms in total. The fourth-order valence-corrected chi connectivity index (χ4v) is 4.54. The van der Waals surface area contributed by atoms with Gasteiger partial charge < -0.3 is 0 Å². The number of halogens is 1. The van der Waals surface area contributed by atoms with Crippen LogP contribution in [0.2, 0.25) is 0 Å². The predicted molar refractivity (Wildman–Crippen MR) is 122 cm³/mol. The highest BCUT2D eigenvalue weighted by molar-refractivity contribution is 9.10. The highest BCUT2D eigenvalue weighted by Gasteiger charge is 2.26. The van der Waals surface area contributed by atoms with Crippen LogP contribution in [0.1, 0.15) is 11.1 Å². The molecule has 0 spiro atoms. The van der Waals surface area contributed by atoms with E-state index in [1.54, 1.807) is 42.5 Å². The Hall–Kier alpha value is -2.97. The molecule has 0 fully saturated rings. The normalized spacial score (nSPS) is 11.4. The molecule has 30 heavy (non-hydrogen) atoms. The summed E-state index contributed by atoms with van der Waals surface area (Å²) in [5.41, 5.74) is 4.57. The summed E-state index contributed by atoms with van der Waals surface area (Å²) in [4.78, 5) is 12.6. The Labute approximate surface area is 184 Å². The fraction of sp³-hybridized carbons (Fsp3) is 0.0909. The Morgan fingerprint density at radius 1 is 1.03 bits per heavy atom. The summed E-state index contributed by atoms with van der Waals surface area (Å²) < 4.78 is 28.3. The molecule has 3 rings (SSSR count). The summed E-state index contributed by atoms with van der Waals surface area (Å²) in [6, 6.07) is 22.4. The second-order valence-corrected chi connectivity index (χ2v) is 9.29. The third-order valence-corrected chi connectivity index (χ3v) is 6.47. The van der Waals surface area contributed by atoms with E-state index in [0.29, 0.717) is 5.69 Å². The Kier molecular flexibility index (Phi) is 7.02. The van der Waals surface area contributed by atoms with Crippen LogP contribution in [0.5, 0.6) is 0 Å². The molecule has 3 aromatic rings. The number of rotatable bonds is 7. The maximum Gasteiger partial charge on any atom is 0.264 e. The molecule has 0 saturated heterocycles. The molecule has 0 aliphatic carbocycles. The van der Waals surface area contributed by atoms with Crippen LogP contribution in [-0.4, -0.2) is 27.1 Å². The minimum Gasteiger partial charge on any atom is -0.271 e. The lowest BCUT2D eigenvalue weighted by atomic mass is 10.2. The van der Waals surface area contributed by atoms with Gasteiger partial charge in [0.15, 0.2) is 0 Å². The smallest absolute Gasteiger partial charge is 0.264 e. The summed E-state index contributed by atoms with van der Waals surface area (Å²) in [6.07, 6.45) is 1.49. The Morgan fingerprint density at radius 3 is 2.40 bits per heavy atom. The Morgan fingerprint density at radius 2 is 1.73 bits per heavy atom. The van der Waals surface area contributed by atoms with Crippen molar-refractivity contribution in [3.05, 3.63) is 94.5 Å². The van der Waals surface area contributed by atoms with E-state index in [1.807, 2.05) is 31.2 Å². The van der Waals surface area contributed by atoms with Crippen molar-refractivity contribution in [3.8, 4) is 0 Å². The summed E-state index contributed by atoms with van der Waals surface area (Å²) in [6.45, 7) is 1.50. The van der Waals surface area contributed by atoms with Crippen LogP contribution in [-0.2, 0) is 14.8 Å². The van der Waals surface area contributed by atoms with Crippen molar-refractivity contribution in [3.63, 3.8) is 0 Å². The second kappa shape index (κ2) is 9.69. The number of hydrogen-bond acceptors (Lipinski definition) is 4. The first-order valence-electron chi connectivity index (χ1n) is 9.08. The molecule has 0 unspecified atom stereocenters. The van der Waals surface area contributed by atoms with E-state index in [9.17, 15) is 13.2 Å². The van der Waals surface area contributed by atoms with Crippen molar-refractivity contribution in [2.24, 2.45) is 5.10 Å². The van der Waals surface area contributed by atoms with E-state index in [1.165, 1.54) is 18.3 Å². The molecule has 0 aromatic heterocycles. The van der Waals surface area contributed by atoms with Crippen LogP contribution < -0.4 is 9.73 Å². The molecule has 0 heterocycles. The number of aryl methyl sites for hydroxylation is 1. The van der Waals surface area contributed by atoms with Crippen molar-refractivity contribution in [2.45, 2.75) is 11.8 Å². The number of hydrazone groups is 1. The molecular weight excluding hydrogens is 466 g/mol. The van der Waals surface area contributed by atoms with Gasteiger partial charge in [0.2, 0.25) is 0 Å². The minimum absolute atomic E-state index is 0.107. The van der Waals surface area contributed by atoms with Crippen LogP contribution >= 0.6 is 15.9 Å². The molecule has 0 aliphatic rings. The van der Waals surface area contributed by atoms with Gasteiger partial charge in [-0.05, 0) is 48.9 Å². The molecule has 0 atom stereocenters. The van der Waals surface area contributed by atoms with Gasteiger partial charge in [-0.3, -0.25) is 9.10 Å². The van der Waals surface area contributed by atoms with Crippen molar-refractivity contribution in [1.29, 1.82) is 0 Å². The zero-order valence-electron chi connectivity index (χ0n) is 16.2. The van der Waals surface area contributed by atoms with Crippen molar-refractivity contribution in [1.82, 2.24) is 5.43 Å². The van der Waals surface area contributed by atoms with Crippen molar-refractivity contribution >= 4 is 43.8 Å². The largest absolute Gasteiger partial charge is 0.271 e. The lowest BCUT2D eigenvalue weighted by Crippen LogP contribution is -2.39.